The van der Waals surface area contributed by atoms with Crippen LogP contribution in [0, 0.1) is 0 Å². The molecule has 0 fully saturated rings. The first-order valence-corrected chi connectivity index (χ1v) is 10.00. The van der Waals surface area contributed by atoms with E-state index in [1.807, 2.05) is 65.8 Å². The van der Waals surface area contributed by atoms with E-state index in [1.54, 1.807) is 13.1 Å². The van der Waals surface area contributed by atoms with Gasteiger partial charge in [0.05, 0.1) is 5.69 Å². The molecular formula is C22H25N5O3. The van der Waals surface area contributed by atoms with Gasteiger partial charge >= 0.3 is 5.69 Å². The van der Waals surface area contributed by atoms with Crippen molar-refractivity contribution in [1.29, 1.82) is 0 Å². The van der Waals surface area contributed by atoms with Crippen LogP contribution in [0.4, 0.5) is 11.6 Å². The highest BCUT2D eigenvalue weighted by Crippen LogP contribution is 2.37. The molecule has 0 N–H and O–H groups in total. The first kappa shape index (κ1) is 19.8. The molecule has 2 aromatic heterocycles. The molecule has 0 saturated heterocycles. The third kappa shape index (κ3) is 3.14. The van der Waals surface area contributed by atoms with Gasteiger partial charge in [-0.1, -0.05) is 36.4 Å². The summed E-state index contributed by atoms with van der Waals surface area (Å²) in [7, 11) is 1.65. The van der Waals surface area contributed by atoms with Crippen LogP contribution in [0.5, 0.6) is 5.75 Å². The highest BCUT2D eigenvalue weighted by Gasteiger charge is 2.29. The number of aromatic nitrogens is 4. The van der Waals surface area contributed by atoms with E-state index < -0.39 is 0 Å². The van der Waals surface area contributed by atoms with Crippen LogP contribution in [0.15, 0.2) is 58.2 Å². The minimum absolute atomic E-state index is 0.240. The highest BCUT2D eigenvalue weighted by atomic mass is 16.5. The summed E-state index contributed by atoms with van der Waals surface area (Å²) in [6.07, 6.45) is 7.50. The molecule has 0 bridgehead atoms. The Hall–Kier alpha value is -3.55. The molecule has 3 heterocycles. The lowest BCUT2D eigenvalue weighted by molar-refractivity contribution is 0.363. The van der Waals surface area contributed by atoms with Gasteiger partial charge in [0.15, 0.2) is 11.2 Å². The van der Waals surface area contributed by atoms with Gasteiger partial charge in [-0.3, -0.25) is 13.9 Å². The number of hydrogen-bond donors (Lipinski definition) is 0. The van der Waals surface area contributed by atoms with Crippen molar-refractivity contribution in [2.75, 3.05) is 18.1 Å². The summed E-state index contributed by atoms with van der Waals surface area (Å²) in [5, 5.41) is 0. The molecule has 0 radical (unpaired) electrons. The first-order valence-electron chi connectivity index (χ1n) is 10.00. The van der Waals surface area contributed by atoms with Gasteiger partial charge in [0.1, 0.15) is 12.4 Å². The molecule has 0 spiro atoms. The SMILES string of the molecule is CC=CCOc1ccccc1N1CCn2c1nc1c2c(=O)n(CC=CC)c(=O)n1C. The lowest BCUT2D eigenvalue weighted by Crippen LogP contribution is -2.39. The van der Waals surface area contributed by atoms with E-state index in [9.17, 15) is 9.59 Å². The molecule has 0 aliphatic carbocycles. The lowest BCUT2D eigenvalue weighted by Gasteiger charge is -2.19. The molecule has 1 aromatic carbocycles. The van der Waals surface area contributed by atoms with E-state index in [0.717, 1.165) is 11.4 Å². The van der Waals surface area contributed by atoms with Crippen molar-refractivity contribution in [3.05, 3.63) is 69.4 Å². The second kappa shape index (κ2) is 8.06. The molecule has 8 nitrogen and oxygen atoms in total. The molecule has 0 atom stereocenters. The molecule has 1 aliphatic heterocycles. The van der Waals surface area contributed by atoms with Gasteiger partial charge < -0.3 is 14.2 Å². The summed E-state index contributed by atoms with van der Waals surface area (Å²) in [5.74, 6) is 1.39. The second-order valence-electron chi connectivity index (χ2n) is 7.06. The number of nitrogens with zero attached hydrogens (tertiary/aromatic N) is 5. The van der Waals surface area contributed by atoms with Crippen LogP contribution < -0.4 is 20.9 Å². The van der Waals surface area contributed by atoms with Gasteiger partial charge in [0.2, 0.25) is 5.95 Å². The fourth-order valence-corrected chi connectivity index (χ4v) is 3.71. The molecule has 8 heteroatoms. The predicted octanol–water partition coefficient (Wildman–Crippen LogP) is 2.58. The van der Waals surface area contributed by atoms with Crippen molar-refractivity contribution < 1.29 is 4.74 Å². The molecule has 3 aromatic rings. The Morgan fingerprint density at radius 3 is 2.63 bits per heavy atom. The quantitative estimate of drug-likeness (QED) is 0.587. The number of benzene rings is 1. The molecule has 0 unspecified atom stereocenters. The maximum absolute atomic E-state index is 13.1. The number of ether oxygens (including phenoxy) is 1. The fraction of sp³-hybridized carbons (Fsp3) is 0.318. The van der Waals surface area contributed by atoms with E-state index in [1.165, 1.54) is 9.13 Å². The van der Waals surface area contributed by atoms with E-state index in [2.05, 4.69) is 4.98 Å². The standard InChI is InChI=1S/C22H25N5O3/c1-4-6-12-27-20(28)18-19(24(3)22(27)29)23-21-25(13-14-26(18)21)16-10-8-9-11-17(16)30-15-7-5-2/h4-11H,12-15H2,1-3H3. The number of hydrogen-bond acceptors (Lipinski definition) is 5. The lowest BCUT2D eigenvalue weighted by atomic mass is 10.2. The Kier molecular flexibility index (Phi) is 5.31. The second-order valence-corrected chi connectivity index (χ2v) is 7.06. The number of para-hydroxylation sites is 2. The fourth-order valence-electron chi connectivity index (χ4n) is 3.71. The Labute approximate surface area is 173 Å². The number of anilines is 2. The third-order valence-corrected chi connectivity index (χ3v) is 5.25. The molecule has 0 amide bonds. The maximum atomic E-state index is 13.1. The van der Waals surface area contributed by atoms with Crippen LogP contribution in [0.25, 0.3) is 11.2 Å². The van der Waals surface area contributed by atoms with Crippen molar-refractivity contribution in [1.82, 2.24) is 18.7 Å². The topological polar surface area (TPSA) is 74.3 Å². The molecule has 30 heavy (non-hydrogen) atoms. The molecule has 1 aliphatic rings. The summed E-state index contributed by atoms with van der Waals surface area (Å²) >= 11 is 0. The molecular weight excluding hydrogens is 382 g/mol. The van der Waals surface area contributed by atoms with Crippen LogP contribution >= 0.6 is 0 Å². The summed E-state index contributed by atoms with van der Waals surface area (Å²) in [6.45, 7) is 5.79. The average Bonchev–Trinajstić information content (AvgIpc) is 3.32. The smallest absolute Gasteiger partial charge is 0.332 e. The van der Waals surface area contributed by atoms with Crippen LogP contribution in [-0.2, 0) is 20.1 Å². The zero-order valence-electron chi connectivity index (χ0n) is 17.4. The summed E-state index contributed by atoms with van der Waals surface area (Å²) in [5.41, 5.74) is 1.05. The Morgan fingerprint density at radius 2 is 1.87 bits per heavy atom. The Balaban J connectivity index is 1.85. The van der Waals surface area contributed by atoms with Crippen molar-refractivity contribution in [2.45, 2.75) is 26.9 Å². The van der Waals surface area contributed by atoms with Crippen molar-refractivity contribution in [2.24, 2.45) is 7.05 Å². The third-order valence-electron chi connectivity index (χ3n) is 5.25. The van der Waals surface area contributed by atoms with E-state index >= 15 is 0 Å². The van der Waals surface area contributed by atoms with Crippen LogP contribution in [0.2, 0.25) is 0 Å². The minimum atomic E-state index is -0.371. The number of imidazole rings is 1. The van der Waals surface area contributed by atoms with Gasteiger partial charge in [0, 0.05) is 26.7 Å². The van der Waals surface area contributed by atoms with Gasteiger partial charge in [-0.05, 0) is 26.0 Å². The van der Waals surface area contributed by atoms with Crippen LogP contribution in [0.1, 0.15) is 13.8 Å². The van der Waals surface area contributed by atoms with Gasteiger partial charge in [-0.25, -0.2) is 4.79 Å². The van der Waals surface area contributed by atoms with Crippen molar-refractivity contribution in [3.63, 3.8) is 0 Å². The highest BCUT2D eigenvalue weighted by molar-refractivity contribution is 5.79. The van der Waals surface area contributed by atoms with Crippen molar-refractivity contribution in [3.8, 4) is 5.75 Å². The van der Waals surface area contributed by atoms with Crippen LogP contribution in [0.3, 0.4) is 0 Å². The number of aryl methyl sites for hydroxylation is 1. The first-order chi connectivity index (χ1) is 14.6. The number of rotatable bonds is 6. The monoisotopic (exact) mass is 407 g/mol. The zero-order chi connectivity index (χ0) is 21.3. The normalized spacial score (nSPS) is 13.8. The summed E-state index contributed by atoms with van der Waals surface area (Å²) < 4.78 is 10.5. The van der Waals surface area contributed by atoms with E-state index in [4.69, 9.17) is 4.74 Å². The van der Waals surface area contributed by atoms with Gasteiger partial charge in [0.25, 0.3) is 5.56 Å². The number of fused-ring (bicyclic) bond motifs is 3. The van der Waals surface area contributed by atoms with Gasteiger partial charge in [-0.15, -0.1) is 0 Å². The van der Waals surface area contributed by atoms with E-state index in [0.29, 0.717) is 36.8 Å². The van der Waals surface area contributed by atoms with Crippen molar-refractivity contribution >= 4 is 22.8 Å². The summed E-state index contributed by atoms with van der Waals surface area (Å²) in [6, 6.07) is 7.77. The average molecular weight is 407 g/mol. The van der Waals surface area contributed by atoms with Crippen LogP contribution in [-0.4, -0.2) is 31.8 Å². The van der Waals surface area contributed by atoms with E-state index in [-0.39, 0.29) is 17.8 Å². The van der Waals surface area contributed by atoms with Gasteiger partial charge in [-0.2, -0.15) is 4.98 Å². The Morgan fingerprint density at radius 1 is 1.10 bits per heavy atom. The minimum Gasteiger partial charge on any atom is -0.487 e. The maximum Gasteiger partial charge on any atom is 0.332 e. The molecule has 156 valence electrons. The molecule has 4 rings (SSSR count). The Bertz CT molecular complexity index is 1260. The number of allylic oxidation sites excluding steroid dienone is 3. The predicted molar refractivity (Wildman–Crippen MR) is 118 cm³/mol. The molecule has 0 saturated carbocycles. The zero-order valence-corrected chi connectivity index (χ0v) is 17.4. The largest absolute Gasteiger partial charge is 0.487 e. The summed E-state index contributed by atoms with van der Waals surface area (Å²) in [4.78, 5) is 32.5.